The Hall–Kier alpha value is -2.01. The monoisotopic (exact) mass is 490 g/mol. The number of nitrogens with zero attached hydrogens (tertiary/aromatic N) is 2. The van der Waals surface area contributed by atoms with E-state index in [4.69, 9.17) is 39.5 Å². The van der Waals surface area contributed by atoms with Gasteiger partial charge in [-0.05, 0) is 62.4 Å². The number of halogens is 3. The topological polar surface area (TPSA) is 44.1 Å². The molecule has 4 rings (SSSR count). The van der Waals surface area contributed by atoms with E-state index in [1.165, 1.54) is 12.8 Å². The number of rotatable bonds is 4. The Morgan fingerprint density at radius 2 is 1.69 bits per heavy atom. The first kappa shape index (κ1) is 23.2. The van der Waals surface area contributed by atoms with Crippen molar-refractivity contribution in [1.82, 2.24) is 9.78 Å². The van der Waals surface area contributed by atoms with Crippen molar-refractivity contribution < 1.29 is 9.53 Å². The second-order valence-corrected chi connectivity index (χ2v) is 9.68. The fraction of sp³-hybridized carbons (Fsp3) is 0.360. The Morgan fingerprint density at radius 3 is 2.41 bits per heavy atom. The van der Waals surface area contributed by atoms with E-state index in [2.05, 4.69) is 12.0 Å². The minimum Gasteiger partial charge on any atom is -0.457 e. The molecular formula is C25H25Cl3N2O2. The molecule has 168 valence electrons. The van der Waals surface area contributed by atoms with Crippen molar-refractivity contribution in [2.45, 2.75) is 52.1 Å². The summed E-state index contributed by atoms with van der Waals surface area (Å²) < 4.78 is 7.65. The molecule has 1 saturated carbocycles. The lowest BCUT2D eigenvalue weighted by molar-refractivity contribution is 0.0135. The maximum Gasteiger partial charge on any atom is 0.359 e. The molecule has 1 aromatic heterocycles. The molecule has 7 heteroatoms. The third-order valence-corrected chi connectivity index (χ3v) is 6.90. The van der Waals surface area contributed by atoms with Gasteiger partial charge in [0.15, 0.2) is 5.69 Å². The molecule has 3 aromatic rings. The van der Waals surface area contributed by atoms with Crippen LogP contribution in [0.2, 0.25) is 15.1 Å². The van der Waals surface area contributed by atoms with Crippen LogP contribution in [0, 0.1) is 12.8 Å². The Morgan fingerprint density at radius 1 is 1.00 bits per heavy atom. The van der Waals surface area contributed by atoms with E-state index in [0.29, 0.717) is 26.7 Å². The number of carbonyl (C=O) groups is 1. The van der Waals surface area contributed by atoms with E-state index in [0.717, 1.165) is 36.1 Å². The second-order valence-electron chi connectivity index (χ2n) is 8.40. The molecule has 1 unspecified atom stereocenters. The molecular weight excluding hydrogens is 467 g/mol. The molecule has 2 atom stereocenters. The standard InChI is InChI=1S/C25H25Cl3N2O2/c1-15-6-4-3-5-7-22(15)32-25(31)23-16(2)24(17-8-10-18(26)11-9-17)30(29-23)21-13-12-19(27)14-20(21)28/h8-15,22H,3-7H2,1-2H3/t15?,22-/m0/s1. The Kier molecular flexibility index (Phi) is 7.14. The van der Waals surface area contributed by atoms with Crippen LogP contribution in [0.5, 0.6) is 0 Å². The molecule has 0 radical (unpaired) electrons. The van der Waals surface area contributed by atoms with Gasteiger partial charge in [0.1, 0.15) is 6.10 Å². The van der Waals surface area contributed by atoms with Gasteiger partial charge >= 0.3 is 5.97 Å². The third-order valence-electron chi connectivity index (χ3n) is 6.11. The summed E-state index contributed by atoms with van der Waals surface area (Å²) in [6.45, 7) is 4.03. The van der Waals surface area contributed by atoms with Crippen molar-refractivity contribution in [2.75, 3.05) is 0 Å². The summed E-state index contributed by atoms with van der Waals surface area (Å²) >= 11 is 18.7. The average molecular weight is 492 g/mol. The predicted molar refractivity (Wildman–Crippen MR) is 130 cm³/mol. The van der Waals surface area contributed by atoms with Gasteiger partial charge in [0, 0.05) is 21.2 Å². The van der Waals surface area contributed by atoms with Crippen LogP contribution in [0.3, 0.4) is 0 Å². The van der Waals surface area contributed by atoms with Gasteiger partial charge in [-0.3, -0.25) is 0 Å². The van der Waals surface area contributed by atoms with Crippen molar-refractivity contribution in [1.29, 1.82) is 0 Å². The predicted octanol–water partition coefficient (Wildman–Crippen LogP) is 7.93. The molecule has 4 nitrogen and oxygen atoms in total. The minimum atomic E-state index is -0.403. The molecule has 1 aliphatic rings. The molecule has 0 saturated heterocycles. The molecule has 1 fully saturated rings. The van der Waals surface area contributed by atoms with Gasteiger partial charge in [-0.25, -0.2) is 9.48 Å². The SMILES string of the molecule is Cc1c(C(=O)O[C@H]2CCCCCC2C)nn(-c2ccc(Cl)cc2Cl)c1-c1ccc(Cl)cc1. The zero-order valence-corrected chi connectivity index (χ0v) is 20.3. The van der Waals surface area contributed by atoms with Crippen LogP contribution in [-0.2, 0) is 4.74 Å². The van der Waals surface area contributed by atoms with Gasteiger partial charge in [-0.1, -0.05) is 66.7 Å². The summed E-state index contributed by atoms with van der Waals surface area (Å²) in [6, 6.07) is 12.6. The highest BCUT2D eigenvalue weighted by molar-refractivity contribution is 6.35. The quantitative estimate of drug-likeness (QED) is 0.275. The molecule has 32 heavy (non-hydrogen) atoms. The number of ether oxygens (including phenoxy) is 1. The van der Waals surface area contributed by atoms with Crippen LogP contribution < -0.4 is 0 Å². The fourth-order valence-corrected chi connectivity index (χ4v) is 4.91. The number of hydrogen-bond donors (Lipinski definition) is 0. The van der Waals surface area contributed by atoms with Crippen LogP contribution in [0.1, 0.15) is 55.1 Å². The Labute approximate surface area is 203 Å². The summed E-state index contributed by atoms with van der Waals surface area (Å²) in [5.41, 5.74) is 3.27. The fourth-order valence-electron chi connectivity index (χ4n) is 4.29. The number of aromatic nitrogens is 2. The summed E-state index contributed by atoms with van der Waals surface area (Å²) in [6.07, 6.45) is 5.31. The molecule has 2 aromatic carbocycles. The highest BCUT2D eigenvalue weighted by Gasteiger charge is 2.29. The van der Waals surface area contributed by atoms with Gasteiger partial charge < -0.3 is 4.74 Å². The van der Waals surface area contributed by atoms with E-state index in [1.54, 1.807) is 22.9 Å². The van der Waals surface area contributed by atoms with Crippen LogP contribution in [0.4, 0.5) is 0 Å². The van der Waals surface area contributed by atoms with E-state index in [1.807, 2.05) is 31.2 Å². The smallest absolute Gasteiger partial charge is 0.359 e. The number of esters is 1. The van der Waals surface area contributed by atoms with E-state index in [-0.39, 0.29) is 11.8 Å². The number of benzene rings is 2. The maximum atomic E-state index is 13.2. The summed E-state index contributed by atoms with van der Waals surface area (Å²) in [4.78, 5) is 13.2. The van der Waals surface area contributed by atoms with E-state index < -0.39 is 5.97 Å². The van der Waals surface area contributed by atoms with Crippen molar-refractivity contribution in [2.24, 2.45) is 5.92 Å². The van der Waals surface area contributed by atoms with Crippen LogP contribution in [-0.4, -0.2) is 21.9 Å². The van der Waals surface area contributed by atoms with Crippen molar-refractivity contribution in [3.63, 3.8) is 0 Å². The summed E-state index contributed by atoms with van der Waals surface area (Å²) in [7, 11) is 0. The van der Waals surface area contributed by atoms with E-state index in [9.17, 15) is 4.79 Å². The highest BCUT2D eigenvalue weighted by Crippen LogP contribution is 2.34. The third kappa shape index (κ3) is 4.83. The summed E-state index contributed by atoms with van der Waals surface area (Å²) in [5, 5.41) is 6.26. The minimum absolute atomic E-state index is 0.0901. The van der Waals surface area contributed by atoms with Crippen LogP contribution in [0.25, 0.3) is 16.9 Å². The maximum absolute atomic E-state index is 13.2. The normalized spacial score (nSPS) is 18.9. The molecule has 0 N–H and O–H groups in total. The largest absolute Gasteiger partial charge is 0.457 e. The highest BCUT2D eigenvalue weighted by atomic mass is 35.5. The van der Waals surface area contributed by atoms with Crippen molar-refractivity contribution >= 4 is 40.8 Å². The lowest BCUT2D eigenvalue weighted by atomic mass is 9.99. The van der Waals surface area contributed by atoms with Crippen LogP contribution >= 0.6 is 34.8 Å². The second kappa shape index (κ2) is 9.86. The van der Waals surface area contributed by atoms with E-state index >= 15 is 0 Å². The molecule has 0 bridgehead atoms. The molecule has 0 aliphatic heterocycles. The first-order chi connectivity index (χ1) is 15.3. The van der Waals surface area contributed by atoms with Gasteiger partial charge in [-0.15, -0.1) is 0 Å². The van der Waals surface area contributed by atoms with Gasteiger partial charge in [-0.2, -0.15) is 5.10 Å². The average Bonchev–Trinajstić information content (AvgIpc) is 2.96. The number of hydrogen-bond acceptors (Lipinski definition) is 3. The Balaban J connectivity index is 1.78. The molecule has 1 heterocycles. The lowest BCUT2D eigenvalue weighted by Crippen LogP contribution is -2.25. The Bertz CT molecular complexity index is 1120. The van der Waals surface area contributed by atoms with Crippen LogP contribution in [0.15, 0.2) is 42.5 Å². The molecule has 0 spiro atoms. The number of carbonyl (C=O) groups excluding carboxylic acids is 1. The zero-order valence-electron chi connectivity index (χ0n) is 18.1. The lowest BCUT2D eigenvalue weighted by Gasteiger charge is -2.21. The molecule has 0 amide bonds. The first-order valence-corrected chi connectivity index (χ1v) is 12.0. The van der Waals surface area contributed by atoms with Gasteiger partial charge in [0.25, 0.3) is 0 Å². The van der Waals surface area contributed by atoms with Crippen molar-refractivity contribution in [3.8, 4) is 16.9 Å². The molecule has 1 aliphatic carbocycles. The van der Waals surface area contributed by atoms with Gasteiger partial charge in [0.2, 0.25) is 0 Å². The zero-order chi connectivity index (χ0) is 22.8. The summed E-state index contributed by atoms with van der Waals surface area (Å²) in [5.74, 6) is -0.0643. The van der Waals surface area contributed by atoms with Gasteiger partial charge in [0.05, 0.1) is 16.4 Å². The van der Waals surface area contributed by atoms with Crippen molar-refractivity contribution in [3.05, 3.63) is 68.8 Å². The first-order valence-electron chi connectivity index (χ1n) is 10.9.